The maximum absolute atomic E-state index is 3.88. The van der Waals surface area contributed by atoms with E-state index < -0.39 is 0 Å². The molecule has 1 rings (SSSR count). The highest BCUT2D eigenvalue weighted by atomic mass is 14.0. The van der Waals surface area contributed by atoms with E-state index in [1.54, 1.807) is 0 Å². The van der Waals surface area contributed by atoms with Gasteiger partial charge in [0, 0.05) is 0 Å². The van der Waals surface area contributed by atoms with E-state index >= 15 is 0 Å². The minimum Gasteiger partial charge on any atom is -0.0617 e. The number of rotatable bonds is 0. The molecule has 0 fully saturated rings. The monoisotopic (exact) mass is 119 g/mol. The highest BCUT2D eigenvalue weighted by Crippen LogP contribution is 2.09. The van der Waals surface area contributed by atoms with Crippen LogP contribution in [0.3, 0.4) is 0 Å². The third-order valence-corrected chi connectivity index (χ3v) is 1.72. The fourth-order valence-electron chi connectivity index (χ4n) is 0.812. The Labute approximate surface area is 56.5 Å². The summed E-state index contributed by atoms with van der Waals surface area (Å²) in [6.07, 6.45) is 0. The van der Waals surface area contributed by atoms with Crippen LogP contribution in [0.5, 0.6) is 0 Å². The number of hydrogen-bond donors (Lipinski definition) is 0. The van der Waals surface area contributed by atoms with Crippen molar-refractivity contribution in [3.05, 3.63) is 41.8 Å². The number of hydrogen-bond acceptors (Lipinski definition) is 0. The van der Waals surface area contributed by atoms with Crippen molar-refractivity contribution in [2.45, 2.75) is 13.8 Å². The lowest BCUT2D eigenvalue weighted by atomic mass is 10.1. The molecule has 0 saturated heterocycles. The second-order valence-corrected chi connectivity index (χ2v) is 2.36. The van der Waals surface area contributed by atoms with Crippen molar-refractivity contribution in [3.63, 3.8) is 0 Å². The lowest BCUT2D eigenvalue weighted by molar-refractivity contribution is 1.31. The van der Waals surface area contributed by atoms with Gasteiger partial charge < -0.3 is 0 Å². The van der Waals surface area contributed by atoms with E-state index in [1.165, 1.54) is 11.1 Å². The first-order chi connectivity index (χ1) is 4.22. The van der Waals surface area contributed by atoms with Crippen LogP contribution in [0.15, 0.2) is 18.2 Å². The van der Waals surface area contributed by atoms with Crippen LogP contribution < -0.4 is 0 Å². The van der Waals surface area contributed by atoms with Crippen molar-refractivity contribution in [2.24, 2.45) is 0 Å². The Morgan fingerprint density at radius 1 is 1.22 bits per heavy atom. The van der Waals surface area contributed by atoms with Crippen molar-refractivity contribution < 1.29 is 0 Å². The quantitative estimate of drug-likeness (QED) is 0.492. The van der Waals surface area contributed by atoms with E-state index in [9.17, 15) is 0 Å². The molecule has 0 aliphatic rings. The normalized spacial score (nSPS) is 9.67. The summed E-state index contributed by atoms with van der Waals surface area (Å²) < 4.78 is 0. The molecule has 0 spiro atoms. The number of aryl methyl sites for hydroxylation is 1. The molecule has 1 aromatic carbocycles. The summed E-state index contributed by atoms with van der Waals surface area (Å²) in [5.74, 6) is 0. The Balaban J connectivity index is 3.25. The van der Waals surface area contributed by atoms with E-state index in [2.05, 4.69) is 26.8 Å². The molecule has 0 bridgehead atoms. The highest BCUT2D eigenvalue weighted by molar-refractivity contribution is 5.34. The first-order valence-corrected chi connectivity index (χ1v) is 3.10. The van der Waals surface area contributed by atoms with Gasteiger partial charge in [0.25, 0.3) is 0 Å². The van der Waals surface area contributed by atoms with E-state index in [0.717, 1.165) is 5.56 Å². The largest absolute Gasteiger partial charge is 0.0617 e. The van der Waals surface area contributed by atoms with Gasteiger partial charge in [0.1, 0.15) is 0 Å². The molecule has 1 aromatic rings. The van der Waals surface area contributed by atoms with Crippen LogP contribution in [0.4, 0.5) is 0 Å². The first kappa shape index (κ1) is 6.34. The minimum atomic E-state index is 1.13. The summed E-state index contributed by atoms with van der Waals surface area (Å²) in [5.41, 5.74) is 3.76. The van der Waals surface area contributed by atoms with Crippen molar-refractivity contribution in [2.75, 3.05) is 0 Å². The second-order valence-electron chi connectivity index (χ2n) is 2.36. The van der Waals surface area contributed by atoms with Gasteiger partial charge in [-0.3, -0.25) is 0 Å². The Hall–Kier alpha value is -0.780. The minimum absolute atomic E-state index is 1.13. The average Bonchev–Trinajstić information content (AvgIpc) is 1.83. The molecule has 0 nitrogen and oxygen atoms in total. The van der Waals surface area contributed by atoms with Gasteiger partial charge in [-0.25, -0.2) is 0 Å². The number of benzene rings is 1. The molecule has 9 heavy (non-hydrogen) atoms. The van der Waals surface area contributed by atoms with Crippen LogP contribution in [0.25, 0.3) is 0 Å². The van der Waals surface area contributed by atoms with E-state index in [1.807, 2.05) is 12.1 Å². The van der Waals surface area contributed by atoms with Crippen molar-refractivity contribution >= 4 is 0 Å². The van der Waals surface area contributed by atoms with Crippen LogP contribution in [0.1, 0.15) is 16.7 Å². The van der Waals surface area contributed by atoms with Gasteiger partial charge in [-0.15, -0.1) is 0 Å². The Kier molecular flexibility index (Phi) is 1.56. The van der Waals surface area contributed by atoms with Gasteiger partial charge in [0.05, 0.1) is 0 Å². The Bertz CT molecular complexity index is 191. The summed E-state index contributed by atoms with van der Waals surface area (Å²) in [5, 5.41) is 0. The molecule has 47 valence electrons. The molecule has 0 amide bonds. The Morgan fingerprint density at radius 3 is 2.33 bits per heavy atom. The molecule has 1 radical (unpaired) electrons. The first-order valence-electron chi connectivity index (χ1n) is 3.10. The molecule has 0 saturated carbocycles. The summed E-state index contributed by atoms with van der Waals surface area (Å²) in [7, 11) is 0. The molecule has 0 aliphatic carbocycles. The van der Waals surface area contributed by atoms with Gasteiger partial charge in [-0.2, -0.15) is 0 Å². The molecule has 0 aromatic heterocycles. The molecule has 0 N–H and O–H groups in total. The predicted octanol–water partition coefficient (Wildman–Crippen LogP) is 2.49. The summed E-state index contributed by atoms with van der Waals surface area (Å²) in [6.45, 7) is 8.08. The van der Waals surface area contributed by atoms with Gasteiger partial charge in [0.15, 0.2) is 0 Å². The van der Waals surface area contributed by atoms with E-state index in [0.29, 0.717) is 0 Å². The lowest BCUT2D eigenvalue weighted by Gasteiger charge is -2.00. The fraction of sp³-hybridized carbons (Fsp3) is 0.222. The van der Waals surface area contributed by atoms with Crippen LogP contribution in [-0.4, -0.2) is 0 Å². The molecule has 0 atom stereocenters. The molecule has 0 aliphatic heterocycles. The summed E-state index contributed by atoms with van der Waals surface area (Å²) >= 11 is 0. The molecule has 0 heterocycles. The van der Waals surface area contributed by atoms with Gasteiger partial charge in [0.2, 0.25) is 0 Å². The van der Waals surface area contributed by atoms with Crippen molar-refractivity contribution in [1.29, 1.82) is 0 Å². The topological polar surface area (TPSA) is 0 Å². The van der Waals surface area contributed by atoms with E-state index in [-0.39, 0.29) is 0 Å². The Morgan fingerprint density at radius 2 is 1.89 bits per heavy atom. The molecular weight excluding hydrogens is 108 g/mol. The van der Waals surface area contributed by atoms with Gasteiger partial charge >= 0.3 is 0 Å². The predicted molar refractivity (Wildman–Crippen MR) is 40.4 cm³/mol. The average molecular weight is 119 g/mol. The lowest BCUT2D eigenvalue weighted by Crippen LogP contribution is -1.82. The van der Waals surface area contributed by atoms with E-state index in [4.69, 9.17) is 0 Å². The van der Waals surface area contributed by atoms with Crippen molar-refractivity contribution in [3.8, 4) is 0 Å². The molecular formula is C9H11. The van der Waals surface area contributed by atoms with Crippen molar-refractivity contribution in [1.82, 2.24) is 0 Å². The second kappa shape index (κ2) is 2.22. The van der Waals surface area contributed by atoms with Crippen LogP contribution >= 0.6 is 0 Å². The third kappa shape index (κ3) is 1.13. The summed E-state index contributed by atoms with van der Waals surface area (Å²) in [6, 6.07) is 6.16. The van der Waals surface area contributed by atoms with Crippen LogP contribution in [0, 0.1) is 20.8 Å². The smallest absolute Gasteiger partial charge is 0.0235 e. The zero-order chi connectivity index (χ0) is 6.85. The molecule has 0 heteroatoms. The van der Waals surface area contributed by atoms with Gasteiger partial charge in [-0.1, -0.05) is 18.2 Å². The standard InChI is InChI=1S/C9H11/c1-7-5-4-6-8(2)9(7)3/h4-6H,1H2,2-3H3. The summed E-state index contributed by atoms with van der Waals surface area (Å²) in [4.78, 5) is 0. The maximum atomic E-state index is 3.88. The third-order valence-electron chi connectivity index (χ3n) is 1.72. The maximum Gasteiger partial charge on any atom is -0.0235 e. The van der Waals surface area contributed by atoms with Crippen LogP contribution in [0.2, 0.25) is 0 Å². The SMILES string of the molecule is [CH2]c1cccc(C)c1C. The van der Waals surface area contributed by atoms with Gasteiger partial charge in [-0.05, 0) is 37.5 Å². The van der Waals surface area contributed by atoms with Crippen LogP contribution in [-0.2, 0) is 0 Å². The zero-order valence-corrected chi connectivity index (χ0v) is 5.94. The fourth-order valence-corrected chi connectivity index (χ4v) is 0.812. The highest BCUT2D eigenvalue weighted by Gasteiger charge is 1.91. The molecule has 0 unspecified atom stereocenters. The zero-order valence-electron chi connectivity index (χ0n) is 5.94.